The Kier molecular flexibility index (Phi) is 4.10. The summed E-state index contributed by atoms with van der Waals surface area (Å²) in [6.07, 6.45) is 1.64. The molecule has 0 N–H and O–H groups in total. The molecule has 18 heavy (non-hydrogen) atoms. The van der Waals surface area contributed by atoms with Crippen molar-refractivity contribution in [1.29, 1.82) is 0 Å². The van der Waals surface area contributed by atoms with E-state index in [0.717, 1.165) is 17.1 Å². The summed E-state index contributed by atoms with van der Waals surface area (Å²) in [6.45, 7) is 2.07. The fraction of sp³-hybridized carbons (Fsp3) is 0.214. The first kappa shape index (κ1) is 13.2. The highest BCUT2D eigenvalue weighted by Crippen LogP contribution is 2.26. The molecule has 0 fully saturated rings. The van der Waals surface area contributed by atoms with Gasteiger partial charge in [-0.1, -0.05) is 29.3 Å². The molecule has 2 nitrogen and oxygen atoms in total. The molecule has 0 spiro atoms. The van der Waals surface area contributed by atoms with Crippen LogP contribution >= 0.6 is 23.2 Å². The molecular formula is C14H14Cl2N2. The average Bonchev–Trinajstić information content (AvgIpc) is 2.39. The maximum atomic E-state index is 6.00. The molecular weight excluding hydrogens is 267 g/mol. The Bertz CT molecular complexity index is 538. The van der Waals surface area contributed by atoms with E-state index >= 15 is 0 Å². The minimum Gasteiger partial charge on any atom is -0.329 e. The number of benzene rings is 1. The third-order valence-electron chi connectivity index (χ3n) is 2.83. The van der Waals surface area contributed by atoms with Crippen molar-refractivity contribution >= 4 is 34.7 Å². The maximum absolute atomic E-state index is 6.00. The van der Waals surface area contributed by atoms with E-state index in [4.69, 9.17) is 23.2 Å². The van der Waals surface area contributed by atoms with Crippen molar-refractivity contribution in [2.45, 2.75) is 12.8 Å². The SMILES string of the molecule is Cc1ccc(N(C)c2cc(CCl)c(Cl)cn2)cc1. The van der Waals surface area contributed by atoms with Gasteiger partial charge in [-0.15, -0.1) is 11.6 Å². The molecule has 2 aromatic rings. The number of hydrogen-bond acceptors (Lipinski definition) is 2. The van der Waals surface area contributed by atoms with Crippen molar-refractivity contribution in [3.63, 3.8) is 0 Å². The molecule has 0 aliphatic rings. The minimum atomic E-state index is 0.385. The Labute approximate surface area is 117 Å². The zero-order valence-corrected chi connectivity index (χ0v) is 11.8. The summed E-state index contributed by atoms with van der Waals surface area (Å²) in [6, 6.07) is 10.2. The number of nitrogens with zero attached hydrogens (tertiary/aromatic N) is 2. The summed E-state index contributed by atoms with van der Waals surface area (Å²) >= 11 is 11.8. The van der Waals surface area contributed by atoms with Crippen LogP contribution in [0.1, 0.15) is 11.1 Å². The van der Waals surface area contributed by atoms with Crippen LogP contribution in [0.15, 0.2) is 36.5 Å². The van der Waals surface area contributed by atoms with Gasteiger partial charge in [0.15, 0.2) is 0 Å². The number of hydrogen-bond donors (Lipinski definition) is 0. The Hall–Kier alpha value is -1.25. The van der Waals surface area contributed by atoms with E-state index in [-0.39, 0.29) is 0 Å². The summed E-state index contributed by atoms with van der Waals surface area (Å²) in [5, 5.41) is 0.603. The van der Waals surface area contributed by atoms with Crippen molar-refractivity contribution in [1.82, 2.24) is 4.98 Å². The number of alkyl halides is 1. The van der Waals surface area contributed by atoms with Gasteiger partial charge >= 0.3 is 0 Å². The number of pyridine rings is 1. The zero-order valence-electron chi connectivity index (χ0n) is 10.3. The lowest BCUT2D eigenvalue weighted by atomic mass is 10.2. The highest BCUT2D eigenvalue weighted by atomic mass is 35.5. The average molecular weight is 281 g/mol. The Morgan fingerprint density at radius 3 is 2.50 bits per heavy atom. The van der Waals surface area contributed by atoms with E-state index < -0.39 is 0 Å². The van der Waals surface area contributed by atoms with Crippen LogP contribution in [-0.4, -0.2) is 12.0 Å². The van der Waals surface area contributed by atoms with E-state index in [9.17, 15) is 0 Å². The summed E-state index contributed by atoms with van der Waals surface area (Å²) in [7, 11) is 1.97. The van der Waals surface area contributed by atoms with Gasteiger partial charge in [0.05, 0.1) is 5.02 Å². The van der Waals surface area contributed by atoms with Crippen molar-refractivity contribution in [3.05, 3.63) is 52.7 Å². The van der Waals surface area contributed by atoms with E-state index in [2.05, 4.69) is 36.2 Å². The maximum Gasteiger partial charge on any atom is 0.133 e. The second kappa shape index (κ2) is 5.59. The monoisotopic (exact) mass is 280 g/mol. The topological polar surface area (TPSA) is 16.1 Å². The molecule has 0 bridgehead atoms. The first-order valence-corrected chi connectivity index (χ1v) is 6.54. The fourth-order valence-electron chi connectivity index (χ4n) is 1.65. The van der Waals surface area contributed by atoms with Crippen LogP contribution in [0.25, 0.3) is 0 Å². The second-order valence-electron chi connectivity index (χ2n) is 4.16. The molecule has 0 aliphatic carbocycles. The first-order valence-electron chi connectivity index (χ1n) is 5.62. The first-order chi connectivity index (χ1) is 8.61. The lowest BCUT2D eigenvalue weighted by molar-refractivity contribution is 1.11. The minimum absolute atomic E-state index is 0.385. The summed E-state index contributed by atoms with van der Waals surface area (Å²) in [5.41, 5.74) is 3.20. The standard InChI is InChI=1S/C14H14Cl2N2/c1-10-3-5-12(6-4-10)18(2)14-7-11(8-15)13(16)9-17-14/h3-7,9H,8H2,1-2H3. The Balaban J connectivity index is 2.33. The predicted octanol–water partition coefficient (Wildman–Crippen LogP) is 4.55. The number of halogens is 2. The van der Waals surface area contributed by atoms with Crippen molar-refractivity contribution in [3.8, 4) is 0 Å². The molecule has 1 heterocycles. The molecule has 0 radical (unpaired) electrons. The van der Waals surface area contributed by atoms with Crippen LogP contribution in [0.5, 0.6) is 0 Å². The highest BCUT2D eigenvalue weighted by molar-refractivity contribution is 6.32. The molecule has 0 amide bonds. The smallest absolute Gasteiger partial charge is 0.133 e. The van der Waals surface area contributed by atoms with E-state index in [1.54, 1.807) is 6.20 Å². The van der Waals surface area contributed by atoms with Crippen LogP contribution in [0.4, 0.5) is 11.5 Å². The zero-order chi connectivity index (χ0) is 13.1. The highest BCUT2D eigenvalue weighted by Gasteiger charge is 2.08. The van der Waals surface area contributed by atoms with Gasteiger partial charge < -0.3 is 4.90 Å². The van der Waals surface area contributed by atoms with Crippen molar-refractivity contribution < 1.29 is 0 Å². The van der Waals surface area contributed by atoms with Gasteiger partial charge in [-0.05, 0) is 30.7 Å². The summed E-state index contributed by atoms with van der Waals surface area (Å²) < 4.78 is 0. The van der Waals surface area contributed by atoms with Gasteiger partial charge in [-0.2, -0.15) is 0 Å². The van der Waals surface area contributed by atoms with Gasteiger partial charge in [0, 0.05) is 24.8 Å². The predicted molar refractivity (Wildman–Crippen MR) is 78.0 cm³/mol. The van der Waals surface area contributed by atoms with E-state index in [1.807, 2.05) is 18.0 Å². The lowest BCUT2D eigenvalue weighted by Crippen LogP contribution is -2.11. The van der Waals surface area contributed by atoms with Crippen molar-refractivity contribution in [2.24, 2.45) is 0 Å². The lowest BCUT2D eigenvalue weighted by Gasteiger charge is -2.19. The molecule has 1 aromatic heterocycles. The number of anilines is 2. The van der Waals surface area contributed by atoms with Crippen LogP contribution in [0.3, 0.4) is 0 Å². The van der Waals surface area contributed by atoms with Gasteiger partial charge in [0.2, 0.25) is 0 Å². The Morgan fingerprint density at radius 1 is 1.22 bits per heavy atom. The summed E-state index contributed by atoms with van der Waals surface area (Å²) in [5.74, 6) is 1.22. The van der Waals surface area contributed by atoms with Gasteiger partial charge in [-0.3, -0.25) is 0 Å². The van der Waals surface area contributed by atoms with Crippen molar-refractivity contribution in [2.75, 3.05) is 11.9 Å². The molecule has 2 rings (SSSR count). The fourth-order valence-corrected chi connectivity index (χ4v) is 2.11. The molecule has 0 aliphatic heterocycles. The van der Waals surface area contributed by atoms with Crippen LogP contribution in [0, 0.1) is 6.92 Å². The molecule has 1 aromatic carbocycles. The largest absolute Gasteiger partial charge is 0.329 e. The quantitative estimate of drug-likeness (QED) is 0.767. The van der Waals surface area contributed by atoms with E-state index in [0.29, 0.717) is 10.9 Å². The Morgan fingerprint density at radius 2 is 1.89 bits per heavy atom. The van der Waals surface area contributed by atoms with Gasteiger partial charge in [-0.25, -0.2) is 4.98 Å². The molecule has 0 saturated carbocycles. The van der Waals surface area contributed by atoms with Crippen LogP contribution < -0.4 is 4.90 Å². The molecule has 4 heteroatoms. The number of rotatable bonds is 3. The van der Waals surface area contributed by atoms with Crippen LogP contribution in [0.2, 0.25) is 5.02 Å². The van der Waals surface area contributed by atoms with Gasteiger partial charge in [0.25, 0.3) is 0 Å². The van der Waals surface area contributed by atoms with Gasteiger partial charge in [0.1, 0.15) is 5.82 Å². The molecule has 0 unspecified atom stereocenters. The third-order valence-corrected chi connectivity index (χ3v) is 3.46. The number of aromatic nitrogens is 1. The normalized spacial score (nSPS) is 10.4. The molecule has 0 saturated heterocycles. The van der Waals surface area contributed by atoms with Crippen LogP contribution in [-0.2, 0) is 5.88 Å². The number of aryl methyl sites for hydroxylation is 1. The molecule has 0 atom stereocenters. The summed E-state index contributed by atoms with van der Waals surface area (Å²) in [4.78, 5) is 6.33. The van der Waals surface area contributed by atoms with E-state index in [1.165, 1.54) is 5.56 Å². The molecule has 94 valence electrons. The second-order valence-corrected chi connectivity index (χ2v) is 4.84. The third kappa shape index (κ3) is 2.77.